The van der Waals surface area contributed by atoms with Crippen molar-refractivity contribution in [1.82, 2.24) is 4.57 Å². The second-order valence-electron chi connectivity index (χ2n) is 3.97. The minimum atomic E-state index is -0.951. The number of hydrogen-bond acceptors (Lipinski definition) is 2. The Hall–Kier alpha value is -2.10. The maximum Gasteiger partial charge on any atom is 0.303 e. The molecule has 4 nitrogen and oxygen atoms in total. The third kappa shape index (κ3) is 2.20. The van der Waals surface area contributed by atoms with Gasteiger partial charge >= 0.3 is 5.97 Å². The number of carboxylic acids is 1. The molecule has 0 amide bonds. The van der Waals surface area contributed by atoms with Gasteiger partial charge in [-0.1, -0.05) is 18.2 Å². The van der Waals surface area contributed by atoms with Crippen LogP contribution in [0, 0.1) is 6.92 Å². The fourth-order valence-electron chi connectivity index (χ4n) is 1.95. The van der Waals surface area contributed by atoms with E-state index in [0.29, 0.717) is 0 Å². The molecule has 0 saturated carbocycles. The predicted molar refractivity (Wildman–Crippen MR) is 64.2 cm³/mol. The number of hydrogen-bond donors (Lipinski definition) is 1. The van der Waals surface area contributed by atoms with E-state index in [-0.39, 0.29) is 18.7 Å². The topological polar surface area (TPSA) is 59.3 Å². The van der Waals surface area contributed by atoms with Gasteiger partial charge in [0.05, 0.1) is 11.9 Å². The summed E-state index contributed by atoms with van der Waals surface area (Å²) in [6.07, 6.45) is -0.111. The highest BCUT2D eigenvalue weighted by atomic mass is 16.4. The summed E-state index contributed by atoms with van der Waals surface area (Å²) in [5.74, 6) is -1.13. The van der Waals surface area contributed by atoms with Crippen LogP contribution < -0.4 is 0 Å². The van der Waals surface area contributed by atoms with Crippen LogP contribution in [0.4, 0.5) is 0 Å². The van der Waals surface area contributed by atoms with Gasteiger partial charge in [-0.05, 0) is 19.1 Å². The predicted octanol–water partition coefficient (Wildman–Crippen LogP) is 2.45. The number of fused-ring (bicyclic) bond motifs is 1. The van der Waals surface area contributed by atoms with Gasteiger partial charge in [-0.25, -0.2) is 0 Å². The van der Waals surface area contributed by atoms with E-state index in [1.165, 1.54) is 0 Å². The van der Waals surface area contributed by atoms with Crippen molar-refractivity contribution in [2.75, 3.05) is 0 Å². The molecule has 2 aromatic rings. The molecule has 0 radical (unpaired) electrons. The first-order valence-electron chi connectivity index (χ1n) is 5.41. The molecule has 1 heterocycles. The maximum atomic E-state index is 11.9. The van der Waals surface area contributed by atoms with E-state index in [2.05, 4.69) is 0 Å². The van der Waals surface area contributed by atoms with E-state index in [9.17, 15) is 9.59 Å². The lowest BCUT2D eigenvalue weighted by molar-refractivity contribution is -0.136. The quantitative estimate of drug-likeness (QED) is 0.882. The van der Waals surface area contributed by atoms with Crippen LogP contribution in [-0.2, 0) is 4.79 Å². The smallest absolute Gasteiger partial charge is 0.303 e. The number of carbonyl (C=O) groups is 2. The molecule has 0 fully saturated rings. The molecule has 0 aliphatic heterocycles. The van der Waals surface area contributed by atoms with Crippen LogP contribution in [0.15, 0.2) is 30.3 Å². The Bertz CT molecular complexity index is 583. The Kier molecular flexibility index (Phi) is 2.95. The number of aryl methyl sites for hydroxylation is 1. The highest BCUT2D eigenvalue weighted by Crippen LogP contribution is 2.19. The molecule has 0 aliphatic carbocycles. The maximum absolute atomic E-state index is 11.9. The third-order valence-corrected chi connectivity index (χ3v) is 2.70. The van der Waals surface area contributed by atoms with Crippen LogP contribution in [0.1, 0.15) is 23.3 Å². The summed E-state index contributed by atoms with van der Waals surface area (Å²) in [5, 5.41) is 9.58. The number of nitrogens with zero attached hydrogens (tertiary/aromatic N) is 1. The van der Waals surface area contributed by atoms with E-state index in [0.717, 1.165) is 16.6 Å². The molecule has 17 heavy (non-hydrogen) atoms. The molecule has 4 heteroatoms. The van der Waals surface area contributed by atoms with Crippen molar-refractivity contribution in [2.45, 2.75) is 19.8 Å². The number of rotatable bonds is 3. The first kappa shape index (κ1) is 11.4. The lowest BCUT2D eigenvalue weighted by Crippen LogP contribution is -2.13. The number of para-hydroxylation sites is 1. The minimum Gasteiger partial charge on any atom is -0.481 e. The fourth-order valence-corrected chi connectivity index (χ4v) is 1.95. The van der Waals surface area contributed by atoms with Crippen molar-refractivity contribution in [2.24, 2.45) is 0 Å². The summed E-state index contributed by atoms with van der Waals surface area (Å²) in [6, 6.07) is 9.49. The van der Waals surface area contributed by atoms with Crippen molar-refractivity contribution in [3.05, 3.63) is 36.0 Å². The molecule has 88 valence electrons. The van der Waals surface area contributed by atoms with Crippen LogP contribution >= 0.6 is 0 Å². The average molecular weight is 231 g/mol. The molecule has 0 saturated heterocycles. The van der Waals surface area contributed by atoms with Gasteiger partial charge in [-0.3, -0.25) is 14.2 Å². The van der Waals surface area contributed by atoms with Gasteiger partial charge < -0.3 is 5.11 Å². The average Bonchev–Trinajstić information content (AvgIpc) is 2.61. The summed E-state index contributed by atoms with van der Waals surface area (Å²) < 4.78 is 1.58. The zero-order valence-electron chi connectivity index (χ0n) is 9.51. The van der Waals surface area contributed by atoms with Gasteiger partial charge in [0, 0.05) is 17.5 Å². The number of benzene rings is 1. The highest BCUT2D eigenvalue weighted by Gasteiger charge is 2.13. The van der Waals surface area contributed by atoms with E-state index >= 15 is 0 Å². The molecular weight excluding hydrogens is 218 g/mol. The molecule has 0 bridgehead atoms. The third-order valence-electron chi connectivity index (χ3n) is 2.70. The van der Waals surface area contributed by atoms with Crippen LogP contribution in [0.5, 0.6) is 0 Å². The summed E-state index contributed by atoms with van der Waals surface area (Å²) in [4.78, 5) is 22.4. The minimum absolute atomic E-state index is 0.0227. The second kappa shape index (κ2) is 4.41. The zero-order valence-corrected chi connectivity index (χ0v) is 9.51. The van der Waals surface area contributed by atoms with Crippen LogP contribution in [0.3, 0.4) is 0 Å². The first-order valence-corrected chi connectivity index (χ1v) is 5.41. The van der Waals surface area contributed by atoms with Crippen LogP contribution in [-0.4, -0.2) is 21.6 Å². The Labute approximate surface area is 98.5 Å². The largest absolute Gasteiger partial charge is 0.481 e. The van der Waals surface area contributed by atoms with Gasteiger partial charge in [0.15, 0.2) is 0 Å². The van der Waals surface area contributed by atoms with Gasteiger partial charge in [0.25, 0.3) is 0 Å². The number of aliphatic carboxylic acids is 1. The normalized spacial score (nSPS) is 10.6. The monoisotopic (exact) mass is 231 g/mol. The van der Waals surface area contributed by atoms with Crippen molar-refractivity contribution in [3.63, 3.8) is 0 Å². The van der Waals surface area contributed by atoms with E-state index < -0.39 is 5.97 Å². The van der Waals surface area contributed by atoms with Gasteiger partial charge in [-0.15, -0.1) is 0 Å². The molecule has 1 aromatic carbocycles. The van der Waals surface area contributed by atoms with E-state index in [1.54, 1.807) is 4.57 Å². The molecule has 2 rings (SSSR count). The summed E-state index contributed by atoms with van der Waals surface area (Å²) in [6.45, 7) is 1.85. The van der Waals surface area contributed by atoms with Gasteiger partial charge in [0.2, 0.25) is 5.91 Å². The second-order valence-corrected chi connectivity index (χ2v) is 3.97. The molecule has 0 spiro atoms. The molecule has 0 unspecified atom stereocenters. The lowest BCUT2D eigenvalue weighted by atomic mass is 10.2. The first-order chi connectivity index (χ1) is 8.09. The van der Waals surface area contributed by atoms with Crippen LogP contribution in [0.2, 0.25) is 0 Å². The fraction of sp³-hybridized carbons (Fsp3) is 0.231. The summed E-state index contributed by atoms with van der Waals surface area (Å²) >= 11 is 0. The number of carbonyl (C=O) groups excluding carboxylic acids is 1. The van der Waals surface area contributed by atoms with Crippen LogP contribution in [0.25, 0.3) is 10.9 Å². The van der Waals surface area contributed by atoms with E-state index in [4.69, 9.17) is 5.11 Å². The molecular formula is C13H13NO3. The Morgan fingerprint density at radius 3 is 2.65 bits per heavy atom. The van der Waals surface area contributed by atoms with Crippen molar-refractivity contribution < 1.29 is 14.7 Å². The highest BCUT2D eigenvalue weighted by molar-refractivity contribution is 5.94. The van der Waals surface area contributed by atoms with Gasteiger partial charge in [0.1, 0.15) is 0 Å². The van der Waals surface area contributed by atoms with Crippen molar-refractivity contribution in [3.8, 4) is 0 Å². The molecule has 0 aliphatic rings. The molecule has 1 aromatic heterocycles. The summed E-state index contributed by atoms with van der Waals surface area (Å²) in [7, 11) is 0. The van der Waals surface area contributed by atoms with Crippen molar-refractivity contribution in [1.29, 1.82) is 0 Å². The number of aromatic nitrogens is 1. The Morgan fingerprint density at radius 1 is 1.24 bits per heavy atom. The SMILES string of the molecule is Cc1cc2ccccc2n1C(=O)CCC(=O)O. The van der Waals surface area contributed by atoms with E-state index in [1.807, 2.05) is 37.3 Å². The molecule has 1 N–H and O–H groups in total. The van der Waals surface area contributed by atoms with Crippen molar-refractivity contribution >= 4 is 22.8 Å². The standard InChI is InChI=1S/C13H13NO3/c1-9-8-10-4-2-3-5-11(10)14(9)12(15)6-7-13(16)17/h2-5,8H,6-7H2,1H3,(H,16,17). The Balaban J connectivity index is 2.37. The van der Waals surface area contributed by atoms with Gasteiger partial charge in [-0.2, -0.15) is 0 Å². The Morgan fingerprint density at radius 2 is 1.94 bits per heavy atom. The zero-order chi connectivity index (χ0) is 12.4. The number of carboxylic acid groups (broad SMARTS) is 1. The summed E-state index contributed by atoms with van der Waals surface area (Å²) in [5.41, 5.74) is 1.67. The lowest BCUT2D eigenvalue weighted by Gasteiger charge is -2.05. The molecule has 0 atom stereocenters.